The van der Waals surface area contributed by atoms with Crippen LogP contribution < -0.4 is 10.2 Å². The third kappa shape index (κ3) is 3.76. The third-order valence-corrected chi connectivity index (χ3v) is 5.39. The van der Waals surface area contributed by atoms with Gasteiger partial charge in [0.1, 0.15) is 0 Å². The lowest BCUT2D eigenvalue weighted by atomic mass is 10.1. The van der Waals surface area contributed by atoms with E-state index >= 15 is 0 Å². The van der Waals surface area contributed by atoms with Gasteiger partial charge in [0.05, 0.1) is 11.6 Å². The van der Waals surface area contributed by atoms with Crippen LogP contribution in [0.25, 0.3) is 0 Å². The van der Waals surface area contributed by atoms with E-state index in [2.05, 4.69) is 21.2 Å². The number of halogens is 2. The molecule has 2 saturated heterocycles. The van der Waals surface area contributed by atoms with Crippen molar-refractivity contribution in [1.29, 1.82) is 0 Å². The highest BCUT2D eigenvalue weighted by Crippen LogP contribution is 2.32. The summed E-state index contributed by atoms with van der Waals surface area (Å²) in [5.41, 5.74) is 0.848. The first-order valence-corrected chi connectivity index (χ1v) is 8.91. The molecule has 132 valence electrons. The van der Waals surface area contributed by atoms with Gasteiger partial charge in [-0.1, -0.05) is 12.1 Å². The molecule has 0 aliphatic carbocycles. The summed E-state index contributed by atoms with van der Waals surface area (Å²) in [6.07, 6.45) is 2.40. The summed E-state index contributed by atoms with van der Waals surface area (Å²) in [6, 6.07) is 7.92. The SMILES string of the molecule is CNCC1CCCN1C(=O)C1CC(=O)N(c2ccccc2Br)C1.Cl. The van der Waals surface area contributed by atoms with E-state index in [1.54, 1.807) is 4.90 Å². The molecule has 2 amide bonds. The topological polar surface area (TPSA) is 52.7 Å². The summed E-state index contributed by atoms with van der Waals surface area (Å²) in [5, 5.41) is 3.16. The summed E-state index contributed by atoms with van der Waals surface area (Å²) in [4.78, 5) is 28.9. The molecule has 0 bridgehead atoms. The van der Waals surface area contributed by atoms with Crippen molar-refractivity contribution in [3.8, 4) is 0 Å². The monoisotopic (exact) mass is 415 g/mol. The van der Waals surface area contributed by atoms with Crippen molar-refractivity contribution in [3.05, 3.63) is 28.7 Å². The summed E-state index contributed by atoms with van der Waals surface area (Å²) in [6.45, 7) is 2.11. The molecular formula is C17H23BrClN3O2. The van der Waals surface area contributed by atoms with Gasteiger partial charge in [-0.3, -0.25) is 9.59 Å². The van der Waals surface area contributed by atoms with Crippen LogP contribution in [0.5, 0.6) is 0 Å². The van der Waals surface area contributed by atoms with Gasteiger partial charge in [-0.15, -0.1) is 12.4 Å². The van der Waals surface area contributed by atoms with Crippen LogP contribution in [-0.4, -0.2) is 49.4 Å². The highest BCUT2D eigenvalue weighted by Gasteiger charge is 2.40. The normalized spacial score (nSPS) is 23.5. The van der Waals surface area contributed by atoms with E-state index in [4.69, 9.17) is 0 Å². The molecule has 2 aliphatic heterocycles. The Bertz CT molecular complexity index is 613. The average molecular weight is 417 g/mol. The van der Waals surface area contributed by atoms with Gasteiger partial charge in [-0.2, -0.15) is 0 Å². The summed E-state index contributed by atoms with van der Waals surface area (Å²) >= 11 is 3.49. The fourth-order valence-electron chi connectivity index (χ4n) is 3.58. The second-order valence-corrected chi connectivity index (χ2v) is 7.10. The van der Waals surface area contributed by atoms with Crippen LogP contribution in [0.15, 0.2) is 28.7 Å². The lowest BCUT2D eigenvalue weighted by Crippen LogP contribution is -2.44. The highest BCUT2D eigenvalue weighted by molar-refractivity contribution is 9.10. The number of nitrogens with one attached hydrogen (secondary N) is 1. The maximum Gasteiger partial charge on any atom is 0.228 e. The Balaban J connectivity index is 0.00000208. The minimum Gasteiger partial charge on any atom is -0.338 e. The summed E-state index contributed by atoms with van der Waals surface area (Å²) in [7, 11) is 1.91. The maximum absolute atomic E-state index is 12.8. The van der Waals surface area contributed by atoms with Crippen molar-refractivity contribution < 1.29 is 9.59 Å². The van der Waals surface area contributed by atoms with Gasteiger partial charge in [0.25, 0.3) is 0 Å². The highest BCUT2D eigenvalue weighted by atomic mass is 79.9. The number of hydrogen-bond donors (Lipinski definition) is 1. The van der Waals surface area contributed by atoms with Crippen LogP contribution in [0.4, 0.5) is 5.69 Å². The van der Waals surface area contributed by atoms with Gasteiger partial charge in [0, 0.05) is 36.6 Å². The Hall–Kier alpha value is -1.11. The molecule has 2 fully saturated rings. The molecule has 0 radical (unpaired) electrons. The van der Waals surface area contributed by atoms with Crippen molar-refractivity contribution in [2.45, 2.75) is 25.3 Å². The van der Waals surface area contributed by atoms with E-state index in [9.17, 15) is 9.59 Å². The van der Waals surface area contributed by atoms with Crippen molar-refractivity contribution in [2.75, 3.05) is 31.6 Å². The Morgan fingerprint density at radius 2 is 2.12 bits per heavy atom. The van der Waals surface area contributed by atoms with E-state index in [0.717, 1.165) is 36.1 Å². The molecule has 7 heteroatoms. The van der Waals surface area contributed by atoms with Crippen molar-refractivity contribution in [2.24, 2.45) is 5.92 Å². The van der Waals surface area contributed by atoms with Gasteiger partial charge in [-0.25, -0.2) is 0 Å². The lowest BCUT2D eigenvalue weighted by Gasteiger charge is -2.27. The Kier molecular flexibility index (Phi) is 6.66. The van der Waals surface area contributed by atoms with E-state index in [1.165, 1.54) is 0 Å². The second-order valence-electron chi connectivity index (χ2n) is 6.24. The predicted molar refractivity (Wildman–Crippen MR) is 101 cm³/mol. The molecule has 2 aliphatic rings. The number of likely N-dealkylation sites (tertiary alicyclic amines) is 1. The standard InChI is InChI=1S/C17H22BrN3O2.ClH/c1-19-10-13-5-4-8-20(13)17(23)12-9-16(22)21(11-12)15-7-3-2-6-14(15)18;/h2-3,6-7,12-13,19H,4-5,8-11H2,1H3;1H. The minimum atomic E-state index is -0.230. The molecule has 2 atom stereocenters. The predicted octanol–water partition coefficient (Wildman–Crippen LogP) is 2.43. The second kappa shape index (κ2) is 8.32. The average Bonchev–Trinajstić information content (AvgIpc) is 3.14. The molecule has 0 aromatic heterocycles. The van der Waals surface area contributed by atoms with Gasteiger partial charge in [0.15, 0.2) is 0 Å². The number of likely N-dealkylation sites (N-methyl/N-ethyl adjacent to an activating group) is 1. The van der Waals surface area contributed by atoms with Crippen LogP contribution in [0.2, 0.25) is 0 Å². The number of anilines is 1. The first-order valence-electron chi connectivity index (χ1n) is 8.11. The lowest BCUT2D eigenvalue weighted by molar-refractivity contribution is -0.136. The van der Waals surface area contributed by atoms with Crippen molar-refractivity contribution in [1.82, 2.24) is 10.2 Å². The number of amides is 2. The number of hydrogen-bond acceptors (Lipinski definition) is 3. The van der Waals surface area contributed by atoms with Gasteiger partial charge < -0.3 is 15.1 Å². The zero-order chi connectivity index (χ0) is 16.4. The molecule has 24 heavy (non-hydrogen) atoms. The minimum absolute atomic E-state index is 0. The van der Waals surface area contributed by atoms with Gasteiger partial charge >= 0.3 is 0 Å². The number of para-hydroxylation sites is 1. The summed E-state index contributed by atoms with van der Waals surface area (Å²) in [5.74, 6) is -0.0719. The molecule has 0 spiro atoms. The Labute approximate surface area is 157 Å². The molecule has 1 N–H and O–H groups in total. The fraction of sp³-hybridized carbons (Fsp3) is 0.529. The largest absolute Gasteiger partial charge is 0.338 e. The number of rotatable bonds is 4. The van der Waals surface area contributed by atoms with Gasteiger partial charge in [0.2, 0.25) is 11.8 Å². The Morgan fingerprint density at radius 3 is 2.83 bits per heavy atom. The summed E-state index contributed by atoms with van der Waals surface area (Å²) < 4.78 is 0.885. The molecule has 5 nitrogen and oxygen atoms in total. The molecule has 1 aromatic rings. The third-order valence-electron chi connectivity index (χ3n) is 4.72. The number of carbonyl (C=O) groups is 2. The zero-order valence-electron chi connectivity index (χ0n) is 13.7. The number of nitrogens with zero attached hydrogens (tertiary/aromatic N) is 2. The van der Waals surface area contributed by atoms with E-state index in [0.29, 0.717) is 13.0 Å². The van der Waals surface area contributed by atoms with E-state index in [-0.39, 0.29) is 36.2 Å². The van der Waals surface area contributed by atoms with Crippen molar-refractivity contribution >= 4 is 45.8 Å². The maximum atomic E-state index is 12.8. The van der Waals surface area contributed by atoms with E-state index in [1.807, 2.05) is 36.2 Å². The molecule has 0 saturated carbocycles. The molecular weight excluding hydrogens is 394 g/mol. The van der Waals surface area contributed by atoms with Crippen LogP contribution in [0.1, 0.15) is 19.3 Å². The first-order chi connectivity index (χ1) is 11.1. The smallest absolute Gasteiger partial charge is 0.228 e. The quantitative estimate of drug-likeness (QED) is 0.820. The van der Waals surface area contributed by atoms with Crippen molar-refractivity contribution in [3.63, 3.8) is 0 Å². The zero-order valence-corrected chi connectivity index (χ0v) is 16.1. The number of carbonyl (C=O) groups excluding carboxylic acids is 2. The van der Waals surface area contributed by atoms with Crippen LogP contribution in [0.3, 0.4) is 0 Å². The fourth-order valence-corrected chi connectivity index (χ4v) is 4.08. The van der Waals surface area contributed by atoms with Crippen LogP contribution in [-0.2, 0) is 9.59 Å². The molecule has 2 unspecified atom stereocenters. The molecule has 3 rings (SSSR count). The van der Waals surface area contributed by atoms with Gasteiger partial charge in [-0.05, 0) is 48.0 Å². The number of benzene rings is 1. The van der Waals surface area contributed by atoms with Crippen LogP contribution in [0, 0.1) is 5.92 Å². The Morgan fingerprint density at radius 1 is 1.38 bits per heavy atom. The first kappa shape index (κ1) is 19.2. The van der Waals surface area contributed by atoms with Crippen LogP contribution >= 0.6 is 28.3 Å². The molecule has 2 heterocycles. The van der Waals surface area contributed by atoms with E-state index < -0.39 is 0 Å². The molecule has 1 aromatic carbocycles.